The monoisotopic (exact) mass is 148 g/mol. The predicted octanol–water partition coefficient (Wildman–Crippen LogP) is 0.160. The Kier molecular flexibility index (Phi) is 4.50. The Hall–Kier alpha value is 0.394. The lowest BCUT2D eigenvalue weighted by molar-refractivity contribution is 0.326. The van der Waals surface area contributed by atoms with Crippen molar-refractivity contribution in [3.8, 4) is 0 Å². The van der Waals surface area contributed by atoms with Crippen LogP contribution in [0.15, 0.2) is 0 Å². The molecule has 1 nitrogen and oxygen atoms in total. The van der Waals surface area contributed by atoms with Gasteiger partial charge in [-0.25, -0.2) is 0 Å². The molecular formula is C5H16OSi2. The summed E-state index contributed by atoms with van der Waals surface area (Å²) in [5, 5.41) is 0. The molecule has 1 atom stereocenters. The first-order valence-corrected chi connectivity index (χ1v) is 7.18. The molecule has 0 aromatic rings. The summed E-state index contributed by atoms with van der Waals surface area (Å²) in [6.07, 6.45) is 0. The van der Waals surface area contributed by atoms with Crippen LogP contribution in [0.25, 0.3) is 0 Å². The lowest BCUT2D eigenvalue weighted by Gasteiger charge is -2.07. The molecule has 0 radical (unpaired) electrons. The summed E-state index contributed by atoms with van der Waals surface area (Å²) in [6.45, 7) is 7.67. The molecule has 1 unspecified atom stereocenters. The Labute approximate surface area is 56.6 Å². The third-order valence-corrected chi connectivity index (χ3v) is 1.96. The fourth-order valence-corrected chi connectivity index (χ4v) is 1.73. The molecule has 0 aliphatic carbocycles. The molecule has 0 saturated carbocycles. The SMILES string of the molecule is CC([SiH3])CO[SiH](C)C. The average molecular weight is 148 g/mol. The fraction of sp³-hybridized carbons (Fsp3) is 1.00. The van der Waals surface area contributed by atoms with E-state index in [1.165, 1.54) is 10.2 Å². The molecule has 0 bridgehead atoms. The minimum absolute atomic E-state index is 0.704. The summed E-state index contributed by atoms with van der Waals surface area (Å²) >= 11 is 0. The van der Waals surface area contributed by atoms with Crippen LogP contribution in [-0.2, 0) is 4.43 Å². The smallest absolute Gasteiger partial charge is 0.170 e. The molecule has 0 aromatic carbocycles. The molecule has 8 heavy (non-hydrogen) atoms. The topological polar surface area (TPSA) is 9.23 Å². The van der Waals surface area contributed by atoms with Crippen LogP contribution < -0.4 is 0 Å². The molecule has 0 saturated heterocycles. The van der Waals surface area contributed by atoms with Gasteiger partial charge in [0.2, 0.25) is 0 Å². The zero-order valence-corrected chi connectivity index (χ0v) is 9.42. The van der Waals surface area contributed by atoms with E-state index < -0.39 is 9.04 Å². The van der Waals surface area contributed by atoms with Crippen molar-refractivity contribution in [3.63, 3.8) is 0 Å². The molecule has 0 aliphatic rings. The lowest BCUT2D eigenvalue weighted by atomic mass is 10.5. The molecule has 0 spiro atoms. The minimum atomic E-state index is -0.704. The van der Waals surface area contributed by atoms with Gasteiger partial charge in [0.05, 0.1) is 0 Å². The maximum atomic E-state index is 5.48. The van der Waals surface area contributed by atoms with E-state index in [1.807, 2.05) is 0 Å². The lowest BCUT2D eigenvalue weighted by Crippen LogP contribution is -2.11. The third-order valence-electron chi connectivity index (χ3n) is 0.763. The van der Waals surface area contributed by atoms with E-state index in [4.69, 9.17) is 4.43 Å². The average Bonchev–Trinajstić information content (AvgIpc) is 1.61. The quantitative estimate of drug-likeness (QED) is 0.518. The maximum Gasteiger partial charge on any atom is 0.170 e. The van der Waals surface area contributed by atoms with Gasteiger partial charge < -0.3 is 4.43 Å². The highest BCUT2D eigenvalue weighted by molar-refractivity contribution is 6.48. The second kappa shape index (κ2) is 4.29. The normalized spacial score (nSPS) is 15.0. The Morgan fingerprint density at radius 2 is 2.12 bits per heavy atom. The summed E-state index contributed by atoms with van der Waals surface area (Å²) < 4.78 is 5.48. The molecule has 0 amide bonds. The Balaban J connectivity index is 2.93. The van der Waals surface area contributed by atoms with Crippen LogP contribution in [0.4, 0.5) is 0 Å². The van der Waals surface area contributed by atoms with Crippen LogP contribution in [0, 0.1) is 0 Å². The molecule has 3 heteroatoms. The van der Waals surface area contributed by atoms with E-state index in [9.17, 15) is 0 Å². The van der Waals surface area contributed by atoms with Gasteiger partial charge in [0, 0.05) is 16.8 Å². The summed E-state index contributed by atoms with van der Waals surface area (Å²) in [5.41, 5.74) is 0.838. The van der Waals surface area contributed by atoms with Crippen LogP contribution >= 0.6 is 0 Å². The number of hydrogen-bond acceptors (Lipinski definition) is 1. The molecule has 0 fully saturated rings. The Morgan fingerprint density at radius 3 is 2.25 bits per heavy atom. The summed E-state index contributed by atoms with van der Waals surface area (Å²) in [5.74, 6) is 0. The third kappa shape index (κ3) is 6.39. The van der Waals surface area contributed by atoms with Crippen molar-refractivity contribution in [3.05, 3.63) is 0 Å². The maximum absolute atomic E-state index is 5.48. The van der Waals surface area contributed by atoms with E-state index in [2.05, 4.69) is 20.0 Å². The largest absolute Gasteiger partial charge is 0.421 e. The van der Waals surface area contributed by atoms with Crippen molar-refractivity contribution < 1.29 is 4.43 Å². The zero-order valence-electron chi connectivity index (χ0n) is 6.27. The minimum Gasteiger partial charge on any atom is -0.421 e. The highest BCUT2D eigenvalue weighted by Crippen LogP contribution is 1.96. The van der Waals surface area contributed by atoms with Gasteiger partial charge in [-0.2, -0.15) is 0 Å². The summed E-state index contributed by atoms with van der Waals surface area (Å²) in [4.78, 5) is 0. The van der Waals surface area contributed by atoms with E-state index >= 15 is 0 Å². The Morgan fingerprint density at radius 1 is 1.62 bits per heavy atom. The summed E-state index contributed by atoms with van der Waals surface area (Å²) in [7, 11) is 0.567. The van der Waals surface area contributed by atoms with Gasteiger partial charge in [0.1, 0.15) is 0 Å². The first-order valence-electron chi connectivity index (χ1n) is 3.24. The molecule has 50 valence electrons. The van der Waals surface area contributed by atoms with Crippen LogP contribution in [0.3, 0.4) is 0 Å². The van der Waals surface area contributed by atoms with Crippen LogP contribution in [0.5, 0.6) is 0 Å². The van der Waals surface area contributed by atoms with E-state index in [0.717, 1.165) is 12.1 Å². The second-order valence-electron chi connectivity index (χ2n) is 2.78. The Bertz CT molecular complexity index is 46.4. The van der Waals surface area contributed by atoms with Crippen LogP contribution in [0.2, 0.25) is 18.6 Å². The van der Waals surface area contributed by atoms with Gasteiger partial charge in [-0.3, -0.25) is 0 Å². The first kappa shape index (κ1) is 8.39. The van der Waals surface area contributed by atoms with Crippen molar-refractivity contribution in [2.24, 2.45) is 0 Å². The number of rotatable bonds is 3. The molecule has 0 aromatic heterocycles. The van der Waals surface area contributed by atoms with E-state index in [-0.39, 0.29) is 0 Å². The molecular weight excluding hydrogens is 132 g/mol. The zero-order chi connectivity index (χ0) is 6.57. The first-order chi connectivity index (χ1) is 3.63. The summed E-state index contributed by atoms with van der Waals surface area (Å²) in [6, 6.07) is 0. The van der Waals surface area contributed by atoms with Gasteiger partial charge in [-0.15, -0.1) is 0 Å². The second-order valence-corrected chi connectivity index (χ2v) is 7.18. The van der Waals surface area contributed by atoms with Crippen molar-refractivity contribution in [2.75, 3.05) is 6.61 Å². The van der Waals surface area contributed by atoms with Gasteiger partial charge in [0.25, 0.3) is 0 Å². The molecule has 0 heterocycles. The van der Waals surface area contributed by atoms with Gasteiger partial charge >= 0.3 is 0 Å². The molecule has 0 aliphatic heterocycles. The number of hydrogen-bond donors (Lipinski definition) is 0. The standard InChI is InChI=1S/C5H16OSi2/c1-5(7)4-6-8(2)3/h5,8H,4H2,1-3,7H3. The van der Waals surface area contributed by atoms with Crippen LogP contribution in [0.1, 0.15) is 6.92 Å². The fourth-order valence-electron chi connectivity index (χ4n) is 0.385. The van der Waals surface area contributed by atoms with Crippen molar-refractivity contribution in [1.29, 1.82) is 0 Å². The highest BCUT2D eigenvalue weighted by Gasteiger charge is 1.96. The van der Waals surface area contributed by atoms with E-state index in [0.29, 0.717) is 0 Å². The highest BCUT2D eigenvalue weighted by atomic mass is 28.3. The van der Waals surface area contributed by atoms with Crippen molar-refractivity contribution in [2.45, 2.75) is 25.6 Å². The molecule has 0 rings (SSSR count). The van der Waals surface area contributed by atoms with Crippen molar-refractivity contribution in [1.82, 2.24) is 0 Å². The van der Waals surface area contributed by atoms with Crippen LogP contribution in [-0.4, -0.2) is 25.9 Å². The van der Waals surface area contributed by atoms with Crippen molar-refractivity contribution >= 4 is 19.3 Å². The predicted molar refractivity (Wildman–Crippen MR) is 44.2 cm³/mol. The van der Waals surface area contributed by atoms with Gasteiger partial charge in [-0.1, -0.05) is 6.92 Å². The molecule has 0 N–H and O–H groups in total. The van der Waals surface area contributed by atoms with E-state index in [1.54, 1.807) is 0 Å². The van der Waals surface area contributed by atoms with Gasteiger partial charge in [-0.05, 0) is 18.6 Å². The van der Waals surface area contributed by atoms with Gasteiger partial charge in [0.15, 0.2) is 9.04 Å².